The van der Waals surface area contributed by atoms with Gasteiger partial charge in [0, 0.05) is 23.2 Å². The second-order valence-corrected chi connectivity index (χ2v) is 5.44. The largest absolute Gasteiger partial charge is 0.391 e. The third-order valence-corrected chi connectivity index (χ3v) is 3.33. The quantitative estimate of drug-likeness (QED) is 0.748. The van der Waals surface area contributed by atoms with Gasteiger partial charge in [-0.1, -0.05) is 31.5 Å². The lowest BCUT2D eigenvalue weighted by Gasteiger charge is -2.13. The van der Waals surface area contributed by atoms with Gasteiger partial charge in [0.1, 0.15) is 0 Å². The van der Waals surface area contributed by atoms with Crippen LogP contribution in [0, 0.1) is 6.92 Å². The van der Waals surface area contributed by atoms with Gasteiger partial charge in [-0.05, 0) is 19.1 Å². The number of aliphatic hydroxyl groups excluding tert-OH is 1. The summed E-state index contributed by atoms with van der Waals surface area (Å²) in [6.45, 7) is 6.91. The first kappa shape index (κ1) is 13.6. The van der Waals surface area contributed by atoms with Crippen molar-refractivity contribution in [1.29, 1.82) is 0 Å². The Hall–Kier alpha value is -0.510. The van der Waals surface area contributed by atoms with E-state index in [1.165, 1.54) is 10.5 Å². The van der Waals surface area contributed by atoms with Gasteiger partial charge >= 0.3 is 0 Å². The molecule has 90 valence electrons. The number of hydrogen-bond donors (Lipinski definition) is 2. The van der Waals surface area contributed by atoms with Crippen LogP contribution < -0.4 is 5.32 Å². The highest BCUT2D eigenvalue weighted by molar-refractivity contribution is 7.99. The van der Waals surface area contributed by atoms with Crippen LogP contribution in [0.15, 0.2) is 29.2 Å². The number of rotatable bonds is 6. The second kappa shape index (κ2) is 6.94. The first-order valence-corrected chi connectivity index (χ1v) is 6.67. The van der Waals surface area contributed by atoms with Crippen LogP contribution >= 0.6 is 11.8 Å². The van der Waals surface area contributed by atoms with Crippen molar-refractivity contribution in [2.24, 2.45) is 0 Å². The van der Waals surface area contributed by atoms with Crippen molar-refractivity contribution in [1.82, 2.24) is 5.32 Å². The van der Waals surface area contributed by atoms with Gasteiger partial charge in [-0.25, -0.2) is 0 Å². The summed E-state index contributed by atoms with van der Waals surface area (Å²) in [5.41, 5.74) is 1.26. The Kier molecular flexibility index (Phi) is 5.88. The fourth-order valence-corrected chi connectivity index (χ4v) is 2.27. The molecule has 0 bridgehead atoms. The number of benzene rings is 1. The summed E-state index contributed by atoms with van der Waals surface area (Å²) in [7, 11) is 0. The SMILES string of the molecule is Cc1cccc(SCC(O)CNC(C)C)c1. The maximum atomic E-state index is 9.75. The van der Waals surface area contributed by atoms with E-state index in [2.05, 4.69) is 50.4 Å². The zero-order valence-corrected chi connectivity index (χ0v) is 11.1. The Morgan fingerprint density at radius 2 is 2.12 bits per heavy atom. The molecule has 0 spiro atoms. The van der Waals surface area contributed by atoms with Gasteiger partial charge in [0.25, 0.3) is 0 Å². The van der Waals surface area contributed by atoms with Gasteiger partial charge in [0.05, 0.1) is 6.10 Å². The molecule has 1 atom stereocenters. The molecule has 0 fully saturated rings. The number of nitrogens with one attached hydrogen (secondary N) is 1. The van der Waals surface area contributed by atoms with Crippen LogP contribution in [0.4, 0.5) is 0 Å². The first-order chi connectivity index (χ1) is 7.58. The van der Waals surface area contributed by atoms with Crippen LogP contribution in [0.2, 0.25) is 0 Å². The maximum Gasteiger partial charge on any atom is 0.0758 e. The van der Waals surface area contributed by atoms with Crippen molar-refractivity contribution in [2.75, 3.05) is 12.3 Å². The van der Waals surface area contributed by atoms with Gasteiger partial charge in [0.15, 0.2) is 0 Å². The maximum absolute atomic E-state index is 9.75. The second-order valence-electron chi connectivity index (χ2n) is 4.34. The molecule has 0 aromatic heterocycles. The summed E-state index contributed by atoms with van der Waals surface area (Å²) in [4.78, 5) is 1.23. The molecule has 0 heterocycles. The van der Waals surface area contributed by atoms with Crippen LogP contribution in [0.3, 0.4) is 0 Å². The zero-order valence-electron chi connectivity index (χ0n) is 10.2. The van der Waals surface area contributed by atoms with Gasteiger partial charge < -0.3 is 10.4 Å². The van der Waals surface area contributed by atoms with Crippen molar-refractivity contribution in [2.45, 2.75) is 37.8 Å². The Bertz CT molecular complexity index is 315. The van der Waals surface area contributed by atoms with Crippen molar-refractivity contribution < 1.29 is 5.11 Å². The molecule has 0 radical (unpaired) electrons. The molecule has 0 saturated carbocycles. The Balaban J connectivity index is 2.28. The van der Waals surface area contributed by atoms with E-state index < -0.39 is 0 Å². The molecular weight excluding hydrogens is 218 g/mol. The first-order valence-electron chi connectivity index (χ1n) is 5.69. The van der Waals surface area contributed by atoms with Crippen LogP contribution in [0.1, 0.15) is 19.4 Å². The molecule has 0 aliphatic rings. The van der Waals surface area contributed by atoms with Crippen molar-refractivity contribution in [3.8, 4) is 0 Å². The average Bonchev–Trinajstić information content (AvgIpc) is 2.23. The van der Waals surface area contributed by atoms with E-state index in [1.54, 1.807) is 11.8 Å². The number of hydrogen-bond acceptors (Lipinski definition) is 3. The van der Waals surface area contributed by atoms with E-state index in [1.807, 2.05) is 0 Å². The molecule has 3 heteroatoms. The smallest absolute Gasteiger partial charge is 0.0758 e. The number of thioether (sulfide) groups is 1. The third-order valence-electron chi connectivity index (χ3n) is 2.19. The van der Waals surface area contributed by atoms with Crippen LogP contribution in [0.25, 0.3) is 0 Å². The molecule has 0 amide bonds. The lowest BCUT2D eigenvalue weighted by atomic mass is 10.2. The van der Waals surface area contributed by atoms with E-state index in [9.17, 15) is 5.11 Å². The molecule has 16 heavy (non-hydrogen) atoms. The molecule has 1 unspecified atom stereocenters. The summed E-state index contributed by atoms with van der Waals surface area (Å²) in [6, 6.07) is 8.80. The molecule has 0 aliphatic heterocycles. The topological polar surface area (TPSA) is 32.3 Å². The van der Waals surface area contributed by atoms with Gasteiger partial charge in [-0.15, -0.1) is 11.8 Å². The van der Waals surface area contributed by atoms with Crippen molar-refractivity contribution >= 4 is 11.8 Å². The molecular formula is C13H21NOS. The van der Waals surface area contributed by atoms with Crippen LogP contribution in [-0.4, -0.2) is 29.5 Å². The van der Waals surface area contributed by atoms with Crippen LogP contribution in [-0.2, 0) is 0 Å². The molecule has 1 aromatic carbocycles. The minimum atomic E-state index is -0.284. The summed E-state index contributed by atoms with van der Waals surface area (Å²) >= 11 is 1.70. The highest BCUT2D eigenvalue weighted by Gasteiger charge is 2.05. The molecule has 0 aliphatic carbocycles. The Labute approximate surface area is 102 Å². The van der Waals surface area contributed by atoms with Gasteiger partial charge in [-0.2, -0.15) is 0 Å². The average molecular weight is 239 g/mol. The number of aryl methyl sites for hydroxylation is 1. The summed E-state index contributed by atoms with van der Waals surface area (Å²) in [6.07, 6.45) is -0.284. The molecule has 1 rings (SSSR count). The monoisotopic (exact) mass is 239 g/mol. The van der Waals surface area contributed by atoms with E-state index >= 15 is 0 Å². The highest BCUT2D eigenvalue weighted by Crippen LogP contribution is 2.19. The third kappa shape index (κ3) is 5.54. The highest BCUT2D eigenvalue weighted by atomic mass is 32.2. The molecule has 2 nitrogen and oxygen atoms in total. The Morgan fingerprint density at radius 1 is 1.38 bits per heavy atom. The lowest BCUT2D eigenvalue weighted by molar-refractivity contribution is 0.192. The Morgan fingerprint density at radius 3 is 2.75 bits per heavy atom. The van der Waals surface area contributed by atoms with E-state index in [0.29, 0.717) is 12.6 Å². The zero-order chi connectivity index (χ0) is 12.0. The molecule has 0 saturated heterocycles. The summed E-state index contributed by atoms with van der Waals surface area (Å²) in [5.74, 6) is 0.739. The minimum absolute atomic E-state index is 0.284. The van der Waals surface area contributed by atoms with Crippen LogP contribution in [0.5, 0.6) is 0 Å². The molecule has 1 aromatic rings. The number of aliphatic hydroxyl groups is 1. The normalized spacial score (nSPS) is 13.1. The summed E-state index contributed by atoms with van der Waals surface area (Å²) < 4.78 is 0. The predicted molar refractivity (Wildman–Crippen MR) is 71.0 cm³/mol. The van der Waals surface area contributed by atoms with Gasteiger partial charge in [0.2, 0.25) is 0 Å². The standard InChI is InChI=1S/C13H21NOS/c1-10(2)14-8-12(15)9-16-13-6-4-5-11(3)7-13/h4-7,10,12,14-15H,8-9H2,1-3H3. The lowest BCUT2D eigenvalue weighted by Crippen LogP contribution is -2.33. The minimum Gasteiger partial charge on any atom is -0.391 e. The van der Waals surface area contributed by atoms with E-state index in [4.69, 9.17) is 0 Å². The fraction of sp³-hybridized carbons (Fsp3) is 0.538. The predicted octanol–water partition coefficient (Wildman–Crippen LogP) is 2.45. The van der Waals surface area contributed by atoms with Gasteiger partial charge in [-0.3, -0.25) is 0 Å². The van der Waals surface area contributed by atoms with Crippen molar-refractivity contribution in [3.05, 3.63) is 29.8 Å². The van der Waals surface area contributed by atoms with E-state index in [0.717, 1.165) is 5.75 Å². The molecule has 2 N–H and O–H groups in total. The summed E-state index contributed by atoms with van der Waals surface area (Å²) in [5, 5.41) is 13.0. The van der Waals surface area contributed by atoms with Crippen molar-refractivity contribution in [3.63, 3.8) is 0 Å². The fourth-order valence-electron chi connectivity index (χ4n) is 1.33. The van der Waals surface area contributed by atoms with E-state index in [-0.39, 0.29) is 6.10 Å².